The van der Waals surface area contributed by atoms with E-state index in [-0.39, 0.29) is 24.5 Å². The second kappa shape index (κ2) is 10.7. The van der Waals surface area contributed by atoms with Gasteiger partial charge < -0.3 is 15.2 Å². The van der Waals surface area contributed by atoms with Crippen molar-refractivity contribution in [3.05, 3.63) is 47.3 Å². The Balaban J connectivity index is 1.47. The van der Waals surface area contributed by atoms with Crippen molar-refractivity contribution in [3.63, 3.8) is 0 Å². The Kier molecular flexibility index (Phi) is 7.76. The number of carboxylic acids is 1. The molecule has 160 valence electrons. The summed E-state index contributed by atoms with van der Waals surface area (Å²) in [6.07, 6.45) is 6.86. The highest BCUT2D eigenvalue weighted by atomic mass is 16.5. The van der Waals surface area contributed by atoms with E-state index >= 15 is 0 Å². The third kappa shape index (κ3) is 6.27. The van der Waals surface area contributed by atoms with Crippen LogP contribution in [0, 0.1) is 0 Å². The number of aliphatic carboxylic acids is 1. The lowest BCUT2D eigenvalue weighted by Crippen LogP contribution is -2.14. The van der Waals surface area contributed by atoms with Gasteiger partial charge in [-0.1, -0.05) is 12.1 Å². The Morgan fingerprint density at radius 3 is 2.80 bits per heavy atom. The molecule has 30 heavy (non-hydrogen) atoms. The number of methoxy groups -OCH3 is 1. The monoisotopic (exact) mass is 411 g/mol. The molecule has 2 aromatic heterocycles. The van der Waals surface area contributed by atoms with Gasteiger partial charge in [0.15, 0.2) is 0 Å². The number of nitrogens with one attached hydrogen (secondary N) is 1. The molecule has 2 aromatic rings. The molecule has 3 heterocycles. The summed E-state index contributed by atoms with van der Waals surface area (Å²) < 4.78 is 5.04. The molecule has 0 aliphatic carbocycles. The van der Waals surface area contributed by atoms with E-state index in [1.807, 2.05) is 0 Å². The van der Waals surface area contributed by atoms with E-state index < -0.39 is 5.97 Å². The number of carboxylic acid groups (broad SMARTS) is 1. The minimum absolute atomic E-state index is 0.0807. The number of aromatic nitrogens is 2. The number of Topliss-reactive ketones (excluding diaryl/α,β-unsaturated/α-hetero) is 1. The number of fused-ring (bicyclic) bond motifs is 1. The standard InChI is InChI=1S/C23H29N3O4/c1-30-21-11-9-17(15-25-21)18(14-22(28)29)13-20(27)7-3-2-6-19-10-8-16-5-4-12-24-23(16)26-19/h8-11,15,18H,2-7,12-14H2,1H3,(H,24,26)(H,28,29)/t18-/m0/s1. The number of hydrogen-bond donors (Lipinski definition) is 2. The number of nitrogens with zero attached hydrogens (tertiary/aromatic N) is 2. The van der Waals surface area contributed by atoms with Crippen molar-refractivity contribution < 1.29 is 19.4 Å². The largest absolute Gasteiger partial charge is 0.481 e. The summed E-state index contributed by atoms with van der Waals surface area (Å²) in [5.74, 6) is 0.249. The SMILES string of the molecule is COc1ccc([C@H](CC(=O)O)CC(=O)CCCCc2ccc3c(n2)NCCC3)cn1. The summed E-state index contributed by atoms with van der Waals surface area (Å²) in [7, 11) is 1.52. The maximum absolute atomic E-state index is 12.5. The summed E-state index contributed by atoms with van der Waals surface area (Å²) in [6, 6.07) is 7.69. The minimum atomic E-state index is -0.921. The summed E-state index contributed by atoms with van der Waals surface area (Å²) in [4.78, 5) is 32.5. The van der Waals surface area contributed by atoms with Crippen LogP contribution in [0.4, 0.5) is 5.82 Å². The number of unbranched alkanes of at least 4 members (excludes halogenated alkanes) is 1. The summed E-state index contributed by atoms with van der Waals surface area (Å²) in [5, 5.41) is 12.6. The molecule has 0 fully saturated rings. The molecule has 0 saturated heterocycles. The summed E-state index contributed by atoms with van der Waals surface area (Å²) >= 11 is 0. The maximum Gasteiger partial charge on any atom is 0.303 e. The van der Waals surface area contributed by atoms with Crippen molar-refractivity contribution in [2.75, 3.05) is 19.0 Å². The van der Waals surface area contributed by atoms with Crippen molar-refractivity contribution in [1.82, 2.24) is 9.97 Å². The zero-order chi connectivity index (χ0) is 21.3. The van der Waals surface area contributed by atoms with Gasteiger partial charge in [0.05, 0.1) is 13.5 Å². The normalized spacial score (nSPS) is 13.8. The Bertz CT molecular complexity index is 867. The van der Waals surface area contributed by atoms with Crippen LogP contribution in [0.5, 0.6) is 5.88 Å². The lowest BCUT2D eigenvalue weighted by atomic mass is 9.90. The van der Waals surface area contributed by atoms with Crippen LogP contribution in [0.25, 0.3) is 0 Å². The Labute approximate surface area is 176 Å². The highest BCUT2D eigenvalue weighted by molar-refractivity contribution is 5.80. The molecule has 7 nitrogen and oxygen atoms in total. The second-order valence-corrected chi connectivity index (χ2v) is 7.72. The number of aryl methyl sites for hydroxylation is 2. The van der Waals surface area contributed by atoms with Gasteiger partial charge in [0.25, 0.3) is 0 Å². The summed E-state index contributed by atoms with van der Waals surface area (Å²) in [5.41, 5.74) is 3.07. The van der Waals surface area contributed by atoms with E-state index in [0.717, 1.165) is 55.7 Å². The minimum Gasteiger partial charge on any atom is -0.481 e. The van der Waals surface area contributed by atoms with Gasteiger partial charge in [-0.25, -0.2) is 9.97 Å². The second-order valence-electron chi connectivity index (χ2n) is 7.72. The zero-order valence-electron chi connectivity index (χ0n) is 17.4. The highest BCUT2D eigenvalue weighted by Crippen LogP contribution is 2.26. The molecule has 2 N–H and O–H groups in total. The van der Waals surface area contributed by atoms with Crippen LogP contribution in [0.1, 0.15) is 61.3 Å². The fourth-order valence-corrected chi connectivity index (χ4v) is 3.79. The van der Waals surface area contributed by atoms with Crippen molar-refractivity contribution in [1.29, 1.82) is 0 Å². The fraction of sp³-hybridized carbons (Fsp3) is 0.478. The fourth-order valence-electron chi connectivity index (χ4n) is 3.79. The molecule has 1 aliphatic heterocycles. The van der Waals surface area contributed by atoms with E-state index in [2.05, 4.69) is 27.4 Å². The number of carbonyl (C=O) groups is 2. The predicted molar refractivity (Wildman–Crippen MR) is 114 cm³/mol. The zero-order valence-corrected chi connectivity index (χ0v) is 17.4. The van der Waals surface area contributed by atoms with E-state index in [9.17, 15) is 14.7 Å². The maximum atomic E-state index is 12.5. The van der Waals surface area contributed by atoms with Gasteiger partial charge in [0.1, 0.15) is 11.6 Å². The van der Waals surface area contributed by atoms with Crippen LogP contribution in [0.3, 0.4) is 0 Å². The highest BCUT2D eigenvalue weighted by Gasteiger charge is 2.20. The first kappa shape index (κ1) is 21.7. The van der Waals surface area contributed by atoms with Gasteiger partial charge in [-0.2, -0.15) is 0 Å². The predicted octanol–water partition coefficient (Wildman–Crippen LogP) is 3.77. The molecule has 1 atom stereocenters. The van der Waals surface area contributed by atoms with Crippen LogP contribution in [-0.4, -0.2) is 40.5 Å². The number of carbonyl (C=O) groups excluding carboxylic acids is 1. The van der Waals surface area contributed by atoms with E-state index in [1.54, 1.807) is 18.3 Å². The molecular formula is C23H29N3O4. The summed E-state index contributed by atoms with van der Waals surface area (Å²) in [6.45, 7) is 0.971. The molecule has 0 radical (unpaired) electrons. The van der Waals surface area contributed by atoms with Crippen molar-refractivity contribution in [2.45, 2.75) is 57.3 Å². The van der Waals surface area contributed by atoms with Crippen molar-refractivity contribution >= 4 is 17.6 Å². The van der Waals surface area contributed by atoms with E-state index in [0.29, 0.717) is 12.3 Å². The molecule has 0 spiro atoms. The van der Waals surface area contributed by atoms with Crippen molar-refractivity contribution in [3.8, 4) is 5.88 Å². The van der Waals surface area contributed by atoms with Gasteiger partial charge >= 0.3 is 5.97 Å². The Hall–Kier alpha value is -2.96. The van der Waals surface area contributed by atoms with Crippen LogP contribution >= 0.6 is 0 Å². The topological polar surface area (TPSA) is 101 Å². The lowest BCUT2D eigenvalue weighted by Gasteiger charge is -2.17. The molecule has 0 aromatic carbocycles. The third-order valence-electron chi connectivity index (χ3n) is 5.43. The average molecular weight is 412 g/mol. The molecule has 0 bridgehead atoms. The number of ketones is 1. The molecule has 7 heteroatoms. The van der Waals surface area contributed by atoms with Gasteiger partial charge in [-0.05, 0) is 49.3 Å². The van der Waals surface area contributed by atoms with Crippen LogP contribution < -0.4 is 10.1 Å². The first-order valence-corrected chi connectivity index (χ1v) is 10.5. The number of ether oxygens (including phenoxy) is 1. The molecule has 0 unspecified atom stereocenters. The molecular weight excluding hydrogens is 382 g/mol. The molecule has 1 aliphatic rings. The first-order valence-electron chi connectivity index (χ1n) is 10.5. The Morgan fingerprint density at radius 1 is 1.20 bits per heavy atom. The quantitative estimate of drug-likeness (QED) is 0.543. The van der Waals surface area contributed by atoms with E-state index in [4.69, 9.17) is 4.74 Å². The number of anilines is 1. The first-order chi connectivity index (χ1) is 14.5. The van der Waals surface area contributed by atoms with Gasteiger partial charge in [-0.15, -0.1) is 0 Å². The van der Waals surface area contributed by atoms with Crippen LogP contribution in [0.15, 0.2) is 30.5 Å². The van der Waals surface area contributed by atoms with Gasteiger partial charge in [0.2, 0.25) is 5.88 Å². The molecule has 3 rings (SSSR count). The number of rotatable bonds is 11. The molecule has 0 amide bonds. The lowest BCUT2D eigenvalue weighted by molar-refractivity contribution is -0.137. The van der Waals surface area contributed by atoms with Crippen LogP contribution in [0.2, 0.25) is 0 Å². The smallest absolute Gasteiger partial charge is 0.303 e. The number of hydrogen-bond acceptors (Lipinski definition) is 6. The van der Waals surface area contributed by atoms with Gasteiger partial charge in [0, 0.05) is 43.3 Å². The van der Waals surface area contributed by atoms with E-state index in [1.165, 1.54) is 12.7 Å². The Morgan fingerprint density at radius 2 is 2.07 bits per heavy atom. The van der Waals surface area contributed by atoms with Gasteiger partial charge in [-0.3, -0.25) is 9.59 Å². The van der Waals surface area contributed by atoms with Crippen LogP contribution in [-0.2, 0) is 22.4 Å². The van der Waals surface area contributed by atoms with Crippen molar-refractivity contribution in [2.24, 2.45) is 0 Å². The molecule has 0 saturated carbocycles. The number of pyridine rings is 2. The average Bonchev–Trinajstić information content (AvgIpc) is 2.76. The third-order valence-corrected chi connectivity index (χ3v) is 5.43.